The predicted octanol–water partition coefficient (Wildman–Crippen LogP) is 2.61. The molecule has 3 aromatic rings. The summed E-state index contributed by atoms with van der Waals surface area (Å²) in [6.45, 7) is 0. The lowest BCUT2D eigenvalue weighted by atomic mass is 10.1. The van der Waals surface area contributed by atoms with E-state index in [-0.39, 0.29) is 22.8 Å². The standard InChI is InChI=1S/C17H13N3O7/c1-25-16(21)10-7-11(17(22)26-2)9-12(8-10)27-14-15(20(23)24)19-6-4-3-5-13(19)18-14/h3-9H,1-2H3. The van der Waals surface area contributed by atoms with Gasteiger partial charge in [0.15, 0.2) is 0 Å². The van der Waals surface area contributed by atoms with Crippen LogP contribution in [0.5, 0.6) is 11.6 Å². The highest BCUT2D eigenvalue weighted by molar-refractivity contribution is 5.96. The van der Waals surface area contributed by atoms with Gasteiger partial charge in [0.2, 0.25) is 5.65 Å². The minimum atomic E-state index is -0.713. The van der Waals surface area contributed by atoms with Crippen LogP contribution in [-0.2, 0) is 9.47 Å². The molecule has 0 unspecified atom stereocenters. The maximum atomic E-state index is 11.8. The summed E-state index contributed by atoms with van der Waals surface area (Å²) in [5, 5.41) is 11.4. The van der Waals surface area contributed by atoms with Crippen molar-refractivity contribution in [1.29, 1.82) is 0 Å². The maximum absolute atomic E-state index is 11.8. The van der Waals surface area contributed by atoms with Crippen LogP contribution in [0.15, 0.2) is 42.6 Å². The molecule has 10 heteroatoms. The molecule has 0 saturated carbocycles. The van der Waals surface area contributed by atoms with Gasteiger partial charge in [-0.2, -0.15) is 9.38 Å². The van der Waals surface area contributed by atoms with Crippen LogP contribution in [0.1, 0.15) is 20.7 Å². The third kappa shape index (κ3) is 3.40. The zero-order chi connectivity index (χ0) is 19.6. The lowest BCUT2D eigenvalue weighted by Gasteiger charge is -2.08. The van der Waals surface area contributed by atoms with Crippen LogP contribution in [0.25, 0.3) is 5.65 Å². The third-order valence-corrected chi connectivity index (χ3v) is 3.61. The van der Waals surface area contributed by atoms with E-state index in [0.717, 1.165) is 0 Å². The predicted molar refractivity (Wildman–Crippen MR) is 91.0 cm³/mol. The fraction of sp³-hybridized carbons (Fsp3) is 0.118. The van der Waals surface area contributed by atoms with E-state index in [2.05, 4.69) is 14.5 Å². The number of carbonyl (C=O) groups excluding carboxylic acids is 2. The fourth-order valence-corrected chi connectivity index (χ4v) is 2.44. The van der Waals surface area contributed by atoms with Crippen LogP contribution in [0, 0.1) is 10.1 Å². The summed E-state index contributed by atoms with van der Waals surface area (Å²) in [5.74, 6) is -2.12. The molecule has 0 N–H and O–H groups in total. The van der Waals surface area contributed by atoms with Crippen molar-refractivity contribution in [1.82, 2.24) is 9.38 Å². The highest BCUT2D eigenvalue weighted by atomic mass is 16.6. The van der Waals surface area contributed by atoms with Crippen LogP contribution < -0.4 is 4.74 Å². The Morgan fingerprint density at radius 2 is 1.70 bits per heavy atom. The second-order valence-corrected chi connectivity index (χ2v) is 5.26. The second kappa shape index (κ2) is 7.12. The number of imidazole rings is 1. The molecule has 0 aliphatic carbocycles. The molecular weight excluding hydrogens is 358 g/mol. The smallest absolute Gasteiger partial charge is 0.392 e. The number of hydrogen-bond donors (Lipinski definition) is 0. The van der Waals surface area contributed by atoms with Crippen LogP contribution in [0.4, 0.5) is 5.82 Å². The van der Waals surface area contributed by atoms with Crippen LogP contribution in [0.3, 0.4) is 0 Å². The van der Waals surface area contributed by atoms with Crippen molar-refractivity contribution < 1.29 is 28.7 Å². The molecule has 27 heavy (non-hydrogen) atoms. The Hall–Kier alpha value is -3.95. The zero-order valence-electron chi connectivity index (χ0n) is 14.2. The highest BCUT2D eigenvalue weighted by Crippen LogP contribution is 2.32. The first kappa shape index (κ1) is 17.9. The molecule has 0 amide bonds. The lowest BCUT2D eigenvalue weighted by Crippen LogP contribution is -2.07. The number of esters is 2. The number of benzene rings is 1. The van der Waals surface area contributed by atoms with Crippen molar-refractivity contribution in [2.45, 2.75) is 0 Å². The van der Waals surface area contributed by atoms with Crippen molar-refractivity contribution in [2.24, 2.45) is 0 Å². The molecular formula is C17H13N3O7. The molecule has 0 aliphatic rings. The molecule has 1 aromatic carbocycles. The third-order valence-electron chi connectivity index (χ3n) is 3.61. The number of rotatable bonds is 5. The Labute approximate surface area is 152 Å². The number of nitro groups is 1. The molecule has 10 nitrogen and oxygen atoms in total. The highest BCUT2D eigenvalue weighted by Gasteiger charge is 2.25. The number of pyridine rings is 1. The Morgan fingerprint density at radius 3 is 2.26 bits per heavy atom. The lowest BCUT2D eigenvalue weighted by molar-refractivity contribution is -0.391. The van der Waals surface area contributed by atoms with Crippen molar-refractivity contribution >= 4 is 23.4 Å². The molecule has 0 fully saturated rings. The van der Waals surface area contributed by atoms with Gasteiger partial charge in [0.05, 0.1) is 31.5 Å². The molecule has 2 aromatic heterocycles. The van der Waals surface area contributed by atoms with E-state index in [9.17, 15) is 19.7 Å². The van der Waals surface area contributed by atoms with Crippen molar-refractivity contribution in [3.63, 3.8) is 0 Å². The summed E-state index contributed by atoms with van der Waals surface area (Å²) in [6, 6.07) is 8.69. The molecule has 3 rings (SSSR count). The van der Waals surface area contributed by atoms with Gasteiger partial charge >= 0.3 is 23.6 Å². The van der Waals surface area contributed by atoms with Crippen molar-refractivity contribution in [2.75, 3.05) is 14.2 Å². The van der Waals surface area contributed by atoms with Gasteiger partial charge in [0, 0.05) is 6.07 Å². The molecule has 0 radical (unpaired) electrons. The van der Waals surface area contributed by atoms with E-state index in [1.54, 1.807) is 18.2 Å². The van der Waals surface area contributed by atoms with Crippen LogP contribution in [-0.4, -0.2) is 40.5 Å². The zero-order valence-corrected chi connectivity index (χ0v) is 14.2. The Kier molecular flexibility index (Phi) is 4.71. The number of methoxy groups -OCH3 is 2. The van der Waals surface area contributed by atoms with Gasteiger partial charge in [0.25, 0.3) is 0 Å². The summed E-state index contributed by atoms with van der Waals surface area (Å²) in [6.07, 6.45) is 1.47. The quantitative estimate of drug-likeness (QED) is 0.381. The monoisotopic (exact) mass is 371 g/mol. The summed E-state index contributed by atoms with van der Waals surface area (Å²) >= 11 is 0. The Bertz CT molecular complexity index is 1020. The van der Waals surface area contributed by atoms with Crippen LogP contribution >= 0.6 is 0 Å². The number of carbonyl (C=O) groups is 2. The van der Waals surface area contributed by atoms with Gasteiger partial charge in [-0.3, -0.25) is 0 Å². The minimum absolute atomic E-state index is 0.00944. The van der Waals surface area contributed by atoms with E-state index >= 15 is 0 Å². The van der Waals surface area contributed by atoms with Gasteiger partial charge in [-0.25, -0.2) is 9.59 Å². The van der Waals surface area contributed by atoms with E-state index in [1.165, 1.54) is 43.0 Å². The van der Waals surface area contributed by atoms with Gasteiger partial charge in [-0.05, 0) is 29.2 Å². The maximum Gasteiger partial charge on any atom is 0.392 e. The van der Waals surface area contributed by atoms with Crippen molar-refractivity contribution in [3.8, 4) is 11.6 Å². The average molecular weight is 371 g/mol. The summed E-state index contributed by atoms with van der Waals surface area (Å²) in [4.78, 5) is 38.6. The van der Waals surface area contributed by atoms with Crippen molar-refractivity contribution in [3.05, 3.63) is 63.8 Å². The number of fused-ring (bicyclic) bond motifs is 1. The number of ether oxygens (including phenoxy) is 3. The number of aromatic nitrogens is 2. The first-order chi connectivity index (χ1) is 12.9. The van der Waals surface area contributed by atoms with Gasteiger partial charge in [0.1, 0.15) is 5.75 Å². The minimum Gasteiger partial charge on any atom is -0.465 e. The molecule has 0 spiro atoms. The van der Waals surface area contributed by atoms with E-state index in [1.807, 2.05) is 0 Å². The van der Waals surface area contributed by atoms with E-state index in [4.69, 9.17) is 4.74 Å². The largest absolute Gasteiger partial charge is 0.465 e. The summed E-state index contributed by atoms with van der Waals surface area (Å²) in [7, 11) is 2.36. The average Bonchev–Trinajstić information content (AvgIpc) is 3.04. The topological polar surface area (TPSA) is 122 Å². The fourth-order valence-electron chi connectivity index (χ4n) is 2.44. The SMILES string of the molecule is COC(=O)c1cc(Oc2nc3ccccn3c2[N+](=O)[O-])cc(C(=O)OC)c1. The van der Waals surface area contributed by atoms with Gasteiger partial charge in [-0.1, -0.05) is 6.07 Å². The van der Waals surface area contributed by atoms with Gasteiger partial charge < -0.3 is 24.3 Å². The molecule has 0 saturated heterocycles. The first-order valence-electron chi connectivity index (χ1n) is 7.55. The molecule has 0 atom stereocenters. The molecule has 0 aliphatic heterocycles. The Balaban J connectivity index is 2.11. The summed E-state index contributed by atoms with van der Waals surface area (Å²) in [5.41, 5.74) is 0.333. The molecule has 138 valence electrons. The molecule has 0 bridgehead atoms. The molecule has 2 heterocycles. The number of hydrogen-bond acceptors (Lipinski definition) is 8. The van der Waals surface area contributed by atoms with Gasteiger partial charge in [-0.15, -0.1) is 0 Å². The van der Waals surface area contributed by atoms with Crippen LogP contribution in [0.2, 0.25) is 0 Å². The second-order valence-electron chi connectivity index (χ2n) is 5.26. The summed E-state index contributed by atoms with van der Waals surface area (Å²) < 4.78 is 16.1. The Morgan fingerprint density at radius 1 is 1.07 bits per heavy atom. The normalized spacial score (nSPS) is 10.4. The first-order valence-corrected chi connectivity index (χ1v) is 7.55. The van der Waals surface area contributed by atoms with E-state index in [0.29, 0.717) is 5.65 Å². The van der Waals surface area contributed by atoms with E-state index < -0.39 is 22.7 Å². The number of nitrogens with zero attached hydrogens (tertiary/aromatic N) is 3.